The van der Waals surface area contributed by atoms with E-state index < -0.39 is 0 Å². The zero-order valence-corrected chi connectivity index (χ0v) is 13.6. The van der Waals surface area contributed by atoms with Crippen LogP contribution in [0.25, 0.3) is 0 Å². The summed E-state index contributed by atoms with van der Waals surface area (Å²) < 4.78 is 5.01. The van der Waals surface area contributed by atoms with Gasteiger partial charge >= 0.3 is 0 Å². The van der Waals surface area contributed by atoms with Gasteiger partial charge in [0.1, 0.15) is 17.9 Å². The highest BCUT2D eigenvalue weighted by Crippen LogP contribution is 2.17. The Morgan fingerprint density at radius 1 is 1.33 bits per heavy atom. The number of amidine groups is 1. The maximum atomic E-state index is 12.3. The van der Waals surface area contributed by atoms with Gasteiger partial charge in [-0.05, 0) is 12.5 Å². The van der Waals surface area contributed by atoms with Crippen molar-refractivity contribution in [3.05, 3.63) is 54.0 Å². The Labute approximate surface area is 140 Å². The molecular formula is C17H19N5O2. The Bertz CT molecular complexity index is 748. The van der Waals surface area contributed by atoms with Gasteiger partial charge in [0.15, 0.2) is 0 Å². The van der Waals surface area contributed by atoms with Crippen molar-refractivity contribution in [1.29, 1.82) is 0 Å². The van der Waals surface area contributed by atoms with Crippen LogP contribution in [-0.4, -0.2) is 39.9 Å². The molecule has 0 saturated carbocycles. The molecule has 24 heavy (non-hydrogen) atoms. The number of carbonyl (C=O) groups is 1. The van der Waals surface area contributed by atoms with Crippen molar-refractivity contribution in [2.24, 2.45) is 5.10 Å². The molecule has 1 unspecified atom stereocenters. The van der Waals surface area contributed by atoms with Gasteiger partial charge in [-0.15, -0.1) is 0 Å². The molecule has 124 valence electrons. The van der Waals surface area contributed by atoms with Gasteiger partial charge in [0, 0.05) is 12.5 Å². The minimum atomic E-state index is -0.316. The van der Waals surface area contributed by atoms with Gasteiger partial charge in [-0.1, -0.05) is 30.3 Å². The lowest BCUT2D eigenvalue weighted by molar-refractivity contribution is 0.0971. The van der Waals surface area contributed by atoms with Gasteiger partial charge in [0.2, 0.25) is 5.88 Å². The summed E-state index contributed by atoms with van der Waals surface area (Å²) in [5.74, 6) is 0.673. The van der Waals surface area contributed by atoms with E-state index in [-0.39, 0.29) is 17.6 Å². The van der Waals surface area contributed by atoms with Crippen molar-refractivity contribution in [2.75, 3.05) is 7.11 Å². The van der Waals surface area contributed by atoms with Gasteiger partial charge in [-0.25, -0.2) is 9.97 Å². The van der Waals surface area contributed by atoms with Crippen LogP contribution < -0.4 is 10.1 Å². The molecule has 0 fully saturated rings. The second kappa shape index (κ2) is 7.08. The summed E-state index contributed by atoms with van der Waals surface area (Å²) in [5, 5.41) is 9.31. The summed E-state index contributed by atoms with van der Waals surface area (Å²) in [6, 6.07) is 11.8. The highest BCUT2D eigenvalue weighted by atomic mass is 16.5. The van der Waals surface area contributed by atoms with E-state index >= 15 is 0 Å². The Morgan fingerprint density at radius 2 is 2.12 bits per heavy atom. The lowest BCUT2D eigenvalue weighted by atomic mass is 10.2. The molecule has 1 atom stereocenters. The van der Waals surface area contributed by atoms with Gasteiger partial charge in [0.25, 0.3) is 5.91 Å². The molecule has 0 saturated heterocycles. The largest absolute Gasteiger partial charge is 0.481 e. The van der Waals surface area contributed by atoms with Gasteiger partial charge < -0.3 is 10.1 Å². The first-order valence-electron chi connectivity index (χ1n) is 7.71. The number of carbonyl (C=O) groups excluding carboxylic acids is 1. The molecule has 1 aliphatic rings. The van der Waals surface area contributed by atoms with E-state index in [1.165, 1.54) is 25.1 Å². The first-order valence-corrected chi connectivity index (χ1v) is 7.71. The number of nitrogens with zero attached hydrogens (tertiary/aromatic N) is 4. The van der Waals surface area contributed by atoms with Crippen LogP contribution in [-0.2, 0) is 6.54 Å². The molecule has 1 aromatic carbocycles. The predicted molar refractivity (Wildman–Crippen MR) is 89.5 cm³/mol. The molecule has 7 nitrogen and oxygen atoms in total. The van der Waals surface area contributed by atoms with Crippen molar-refractivity contribution < 1.29 is 9.53 Å². The third kappa shape index (κ3) is 3.68. The quantitative estimate of drug-likeness (QED) is 0.927. The number of rotatable bonds is 4. The first kappa shape index (κ1) is 15.9. The Morgan fingerprint density at radius 3 is 2.88 bits per heavy atom. The lowest BCUT2D eigenvalue weighted by Gasteiger charge is -2.19. The van der Waals surface area contributed by atoms with Crippen molar-refractivity contribution in [3.8, 4) is 5.88 Å². The molecule has 0 bridgehead atoms. The molecule has 3 rings (SSSR count). The van der Waals surface area contributed by atoms with Gasteiger partial charge in [-0.3, -0.25) is 9.80 Å². The average Bonchev–Trinajstić information content (AvgIpc) is 2.95. The fourth-order valence-corrected chi connectivity index (χ4v) is 2.49. The minimum Gasteiger partial charge on any atom is -0.481 e. The molecule has 2 aromatic rings. The summed E-state index contributed by atoms with van der Waals surface area (Å²) in [7, 11) is 1.49. The van der Waals surface area contributed by atoms with Crippen LogP contribution in [0.3, 0.4) is 0 Å². The summed E-state index contributed by atoms with van der Waals surface area (Å²) in [5.41, 5.74) is 1.43. The smallest absolute Gasteiger partial charge is 0.275 e. The monoisotopic (exact) mass is 325 g/mol. The summed E-state index contributed by atoms with van der Waals surface area (Å²) in [6.07, 6.45) is 1.98. The summed E-state index contributed by atoms with van der Waals surface area (Å²) in [6.45, 7) is 2.79. The van der Waals surface area contributed by atoms with Crippen LogP contribution in [0.4, 0.5) is 0 Å². The van der Waals surface area contributed by atoms with Crippen LogP contribution in [0.5, 0.6) is 5.88 Å². The molecule has 1 N–H and O–H groups in total. The van der Waals surface area contributed by atoms with Crippen LogP contribution in [0.1, 0.15) is 29.4 Å². The van der Waals surface area contributed by atoms with Gasteiger partial charge in [0.05, 0.1) is 19.7 Å². The lowest BCUT2D eigenvalue weighted by Crippen LogP contribution is -2.30. The van der Waals surface area contributed by atoms with E-state index in [0.29, 0.717) is 24.7 Å². The number of amides is 1. The number of benzene rings is 1. The van der Waals surface area contributed by atoms with Crippen LogP contribution in [0.2, 0.25) is 0 Å². The van der Waals surface area contributed by atoms with E-state index in [1.54, 1.807) is 0 Å². The fourth-order valence-electron chi connectivity index (χ4n) is 2.49. The van der Waals surface area contributed by atoms with E-state index in [0.717, 1.165) is 0 Å². The zero-order valence-electron chi connectivity index (χ0n) is 13.6. The number of aromatic nitrogens is 2. The van der Waals surface area contributed by atoms with E-state index in [4.69, 9.17) is 4.74 Å². The predicted octanol–water partition coefficient (Wildman–Crippen LogP) is 1.82. The number of methoxy groups -OCH3 is 1. The molecular weight excluding hydrogens is 306 g/mol. The van der Waals surface area contributed by atoms with E-state index in [1.807, 2.05) is 23.2 Å². The van der Waals surface area contributed by atoms with Crippen molar-refractivity contribution in [3.63, 3.8) is 0 Å². The molecule has 1 aromatic heterocycles. The molecule has 2 heterocycles. The maximum Gasteiger partial charge on any atom is 0.275 e. The SMILES string of the molecule is COc1cc(C(=O)NC2=NN(Cc3ccccc3)C(C)C2)ncn1. The normalized spacial score (nSPS) is 16.7. The number of hydrazone groups is 1. The van der Waals surface area contributed by atoms with Crippen molar-refractivity contribution in [1.82, 2.24) is 20.3 Å². The van der Waals surface area contributed by atoms with Crippen molar-refractivity contribution >= 4 is 11.7 Å². The molecule has 1 aliphatic heterocycles. The maximum absolute atomic E-state index is 12.3. The zero-order chi connectivity index (χ0) is 16.9. The summed E-state index contributed by atoms with van der Waals surface area (Å²) >= 11 is 0. The summed E-state index contributed by atoms with van der Waals surface area (Å²) in [4.78, 5) is 20.1. The first-order chi connectivity index (χ1) is 11.7. The Balaban J connectivity index is 1.66. The highest BCUT2D eigenvalue weighted by molar-refractivity contribution is 6.05. The topological polar surface area (TPSA) is 79.7 Å². The number of ether oxygens (including phenoxy) is 1. The second-order valence-corrected chi connectivity index (χ2v) is 5.58. The molecule has 1 amide bonds. The Hall–Kier alpha value is -2.96. The third-order valence-corrected chi connectivity index (χ3v) is 3.78. The number of hydrogen-bond acceptors (Lipinski definition) is 6. The van der Waals surface area contributed by atoms with Crippen LogP contribution >= 0.6 is 0 Å². The second-order valence-electron chi connectivity index (χ2n) is 5.58. The molecule has 0 radical (unpaired) electrons. The van der Waals surface area contributed by atoms with Crippen molar-refractivity contribution in [2.45, 2.75) is 25.9 Å². The Kier molecular flexibility index (Phi) is 4.69. The van der Waals surface area contributed by atoms with Crippen LogP contribution in [0, 0.1) is 0 Å². The standard InChI is InChI=1S/C17H19N5O2/c1-12-8-15(21-22(12)10-13-6-4-3-5-7-13)20-17(23)14-9-16(24-2)19-11-18-14/h3-7,9,11-12H,8,10H2,1-2H3,(H,20,21,23). The van der Waals surface area contributed by atoms with Gasteiger partial charge in [-0.2, -0.15) is 5.10 Å². The highest BCUT2D eigenvalue weighted by Gasteiger charge is 2.24. The molecule has 0 aliphatic carbocycles. The van der Waals surface area contributed by atoms with E-state index in [9.17, 15) is 4.79 Å². The molecule has 0 spiro atoms. The minimum absolute atomic E-state index is 0.223. The van der Waals surface area contributed by atoms with E-state index in [2.05, 4.69) is 39.4 Å². The number of nitrogens with one attached hydrogen (secondary N) is 1. The fraction of sp³-hybridized carbons (Fsp3) is 0.294. The third-order valence-electron chi connectivity index (χ3n) is 3.78. The number of hydrogen-bond donors (Lipinski definition) is 1. The average molecular weight is 325 g/mol. The molecule has 7 heteroatoms. The van der Waals surface area contributed by atoms with Crippen LogP contribution in [0.15, 0.2) is 47.8 Å².